The first-order valence-corrected chi connectivity index (χ1v) is 7.32. The molecule has 1 saturated carbocycles. The van der Waals surface area contributed by atoms with Crippen LogP contribution in [-0.2, 0) is 0 Å². The van der Waals surface area contributed by atoms with E-state index in [1.807, 2.05) is 0 Å². The molecule has 14 heavy (non-hydrogen) atoms. The van der Waals surface area contributed by atoms with E-state index in [9.17, 15) is 0 Å². The Morgan fingerprint density at radius 1 is 1.00 bits per heavy atom. The maximum atomic E-state index is 3.59. The molecule has 0 spiro atoms. The molecule has 1 aliphatic rings. The summed E-state index contributed by atoms with van der Waals surface area (Å²) >= 11 is 3.46. The van der Waals surface area contributed by atoms with Crippen LogP contribution in [0, 0.1) is 5.92 Å². The molecule has 2 heteroatoms. The second kappa shape index (κ2) is 8.72. The van der Waals surface area contributed by atoms with Gasteiger partial charge in [-0.1, -0.05) is 41.6 Å². The summed E-state index contributed by atoms with van der Waals surface area (Å²) in [6.07, 6.45) is 11.4. The Morgan fingerprint density at radius 2 is 1.71 bits per heavy atom. The van der Waals surface area contributed by atoms with E-state index in [0.717, 1.165) is 5.92 Å². The molecular formula is C12H24BrN. The van der Waals surface area contributed by atoms with Crippen LogP contribution in [0.5, 0.6) is 0 Å². The first-order chi connectivity index (χ1) is 6.93. The monoisotopic (exact) mass is 261 g/mol. The van der Waals surface area contributed by atoms with Gasteiger partial charge in [0, 0.05) is 5.33 Å². The second-order valence-corrected chi connectivity index (χ2v) is 5.25. The van der Waals surface area contributed by atoms with E-state index in [1.54, 1.807) is 0 Å². The zero-order chi connectivity index (χ0) is 10.1. The highest BCUT2D eigenvalue weighted by molar-refractivity contribution is 9.09. The van der Waals surface area contributed by atoms with Crippen molar-refractivity contribution >= 4 is 15.9 Å². The Balaban J connectivity index is 1.75. The predicted octanol–water partition coefficient (Wildman–Crippen LogP) is 3.72. The van der Waals surface area contributed by atoms with Gasteiger partial charge < -0.3 is 5.32 Å². The fourth-order valence-electron chi connectivity index (χ4n) is 2.22. The van der Waals surface area contributed by atoms with Crippen molar-refractivity contribution in [2.75, 3.05) is 18.4 Å². The van der Waals surface area contributed by atoms with Crippen LogP contribution in [0.1, 0.15) is 51.4 Å². The minimum atomic E-state index is 0.998. The number of nitrogens with one attached hydrogen (secondary N) is 1. The summed E-state index contributed by atoms with van der Waals surface area (Å²) in [6, 6.07) is 0. The average Bonchev–Trinajstić information content (AvgIpc) is 2.69. The molecule has 0 aliphatic heterocycles. The SMILES string of the molecule is BrCCCCCCNCC1CCCC1. The Bertz CT molecular complexity index is 121. The Labute approximate surface area is 97.2 Å². The summed E-state index contributed by atoms with van der Waals surface area (Å²) < 4.78 is 0. The van der Waals surface area contributed by atoms with Gasteiger partial charge in [0.05, 0.1) is 0 Å². The molecule has 84 valence electrons. The van der Waals surface area contributed by atoms with Gasteiger partial charge in [-0.2, -0.15) is 0 Å². The Hall–Kier alpha value is 0.440. The Kier molecular flexibility index (Phi) is 7.80. The fraction of sp³-hybridized carbons (Fsp3) is 1.00. The predicted molar refractivity (Wildman–Crippen MR) is 67.1 cm³/mol. The van der Waals surface area contributed by atoms with Crippen molar-refractivity contribution in [1.82, 2.24) is 5.32 Å². The summed E-state index contributed by atoms with van der Waals surface area (Å²) in [5, 5.41) is 4.76. The third-order valence-corrected chi connectivity index (χ3v) is 3.71. The summed E-state index contributed by atoms with van der Waals surface area (Å²) in [6.45, 7) is 2.51. The molecule has 1 aliphatic carbocycles. The van der Waals surface area contributed by atoms with E-state index in [1.165, 1.54) is 69.8 Å². The third-order valence-electron chi connectivity index (χ3n) is 3.14. The molecule has 0 amide bonds. The van der Waals surface area contributed by atoms with Crippen molar-refractivity contribution in [3.63, 3.8) is 0 Å². The lowest BCUT2D eigenvalue weighted by Gasteiger charge is -2.09. The van der Waals surface area contributed by atoms with Crippen LogP contribution in [0.2, 0.25) is 0 Å². The number of unbranched alkanes of at least 4 members (excludes halogenated alkanes) is 3. The summed E-state index contributed by atoms with van der Waals surface area (Å²) in [4.78, 5) is 0. The van der Waals surface area contributed by atoms with Crippen LogP contribution < -0.4 is 5.32 Å². The molecule has 0 aromatic rings. The third kappa shape index (κ3) is 6.02. The van der Waals surface area contributed by atoms with Crippen LogP contribution in [0.25, 0.3) is 0 Å². The smallest absolute Gasteiger partial charge is 0.00313 e. The fourth-order valence-corrected chi connectivity index (χ4v) is 2.62. The number of rotatable bonds is 8. The molecule has 1 N–H and O–H groups in total. The van der Waals surface area contributed by atoms with Gasteiger partial charge in [-0.15, -0.1) is 0 Å². The maximum absolute atomic E-state index is 3.59. The van der Waals surface area contributed by atoms with Gasteiger partial charge in [-0.3, -0.25) is 0 Å². The molecule has 0 heterocycles. The molecule has 0 radical (unpaired) electrons. The van der Waals surface area contributed by atoms with E-state index in [-0.39, 0.29) is 0 Å². The maximum Gasteiger partial charge on any atom is 0.00313 e. The summed E-state index contributed by atoms with van der Waals surface area (Å²) in [5.41, 5.74) is 0. The van der Waals surface area contributed by atoms with E-state index in [2.05, 4.69) is 21.2 Å². The molecule has 1 rings (SSSR count). The van der Waals surface area contributed by atoms with Gasteiger partial charge in [0.2, 0.25) is 0 Å². The highest BCUT2D eigenvalue weighted by Gasteiger charge is 2.13. The quantitative estimate of drug-likeness (QED) is 0.519. The van der Waals surface area contributed by atoms with Crippen molar-refractivity contribution in [3.05, 3.63) is 0 Å². The lowest BCUT2D eigenvalue weighted by Crippen LogP contribution is -2.22. The molecular weight excluding hydrogens is 238 g/mol. The van der Waals surface area contributed by atoms with E-state index >= 15 is 0 Å². The average molecular weight is 262 g/mol. The normalized spacial score (nSPS) is 17.8. The first kappa shape index (κ1) is 12.5. The van der Waals surface area contributed by atoms with Crippen LogP contribution in [-0.4, -0.2) is 18.4 Å². The van der Waals surface area contributed by atoms with Crippen LogP contribution in [0.15, 0.2) is 0 Å². The number of alkyl halides is 1. The standard InChI is InChI=1S/C12H24BrN/c13-9-5-1-2-6-10-14-11-12-7-3-4-8-12/h12,14H,1-11H2. The van der Waals surface area contributed by atoms with E-state index < -0.39 is 0 Å². The molecule has 0 aromatic carbocycles. The zero-order valence-electron chi connectivity index (χ0n) is 9.23. The molecule has 0 bridgehead atoms. The van der Waals surface area contributed by atoms with E-state index in [4.69, 9.17) is 0 Å². The van der Waals surface area contributed by atoms with Crippen LogP contribution >= 0.6 is 15.9 Å². The summed E-state index contributed by atoms with van der Waals surface area (Å²) in [7, 11) is 0. The molecule has 0 atom stereocenters. The number of halogens is 1. The topological polar surface area (TPSA) is 12.0 Å². The minimum Gasteiger partial charge on any atom is -0.316 e. The van der Waals surface area contributed by atoms with Gasteiger partial charge in [0.1, 0.15) is 0 Å². The van der Waals surface area contributed by atoms with Crippen molar-refractivity contribution < 1.29 is 0 Å². The van der Waals surface area contributed by atoms with Crippen molar-refractivity contribution in [3.8, 4) is 0 Å². The molecule has 0 unspecified atom stereocenters. The van der Waals surface area contributed by atoms with Crippen LogP contribution in [0.3, 0.4) is 0 Å². The largest absolute Gasteiger partial charge is 0.316 e. The van der Waals surface area contributed by atoms with Crippen molar-refractivity contribution in [1.29, 1.82) is 0 Å². The van der Waals surface area contributed by atoms with E-state index in [0.29, 0.717) is 0 Å². The second-order valence-electron chi connectivity index (χ2n) is 4.46. The molecule has 1 nitrogen and oxygen atoms in total. The molecule has 1 fully saturated rings. The highest BCUT2D eigenvalue weighted by atomic mass is 79.9. The minimum absolute atomic E-state index is 0.998. The van der Waals surface area contributed by atoms with Gasteiger partial charge >= 0.3 is 0 Å². The molecule has 0 saturated heterocycles. The van der Waals surface area contributed by atoms with Crippen molar-refractivity contribution in [2.24, 2.45) is 5.92 Å². The van der Waals surface area contributed by atoms with Crippen LogP contribution in [0.4, 0.5) is 0 Å². The lowest BCUT2D eigenvalue weighted by atomic mass is 10.1. The van der Waals surface area contributed by atoms with Gasteiger partial charge in [0.25, 0.3) is 0 Å². The Morgan fingerprint density at radius 3 is 2.43 bits per heavy atom. The number of hydrogen-bond acceptors (Lipinski definition) is 1. The number of hydrogen-bond donors (Lipinski definition) is 1. The van der Waals surface area contributed by atoms with Crippen molar-refractivity contribution in [2.45, 2.75) is 51.4 Å². The lowest BCUT2D eigenvalue weighted by molar-refractivity contribution is 0.480. The molecule has 0 aromatic heterocycles. The van der Waals surface area contributed by atoms with Gasteiger partial charge in [0.15, 0.2) is 0 Å². The highest BCUT2D eigenvalue weighted by Crippen LogP contribution is 2.23. The summed E-state index contributed by atoms with van der Waals surface area (Å²) in [5.74, 6) is 0.998. The first-order valence-electron chi connectivity index (χ1n) is 6.20. The van der Waals surface area contributed by atoms with Gasteiger partial charge in [-0.25, -0.2) is 0 Å². The zero-order valence-corrected chi connectivity index (χ0v) is 10.8. The van der Waals surface area contributed by atoms with Gasteiger partial charge in [-0.05, 0) is 44.7 Å².